The van der Waals surface area contributed by atoms with Gasteiger partial charge in [-0.05, 0) is 23.8 Å². The number of methoxy groups -OCH3 is 1. The predicted molar refractivity (Wildman–Crippen MR) is 90.4 cm³/mol. The van der Waals surface area contributed by atoms with E-state index in [0.717, 1.165) is 27.9 Å². The summed E-state index contributed by atoms with van der Waals surface area (Å²) in [5, 5.41) is 4.77. The van der Waals surface area contributed by atoms with Crippen molar-refractivity contribution in [2.75, 3.05) is 7.11 Å². The summed E-state index contributed by atoms with van der Waals surface area (Å²) in [6.07, 6.45) is 3.72. The second-order valence-electron chi connectivity index (χ2n) is 5.21. The molecular formula is C19H15N3O. The molecule has 0 spiro atoms. The maximum absolute atomic E-state index is 5.27. The molecule has 0 radical (unpaired) electrons. The molecule has 0 unspecified atom stereocenters. The lowest BCUT2D eigenvalue weighted by Gasteiger charge is -2.05. The zero-order chi connectivity index (χ0) is 15.6. The van der Waals surface area contributed by atoms with Gasteiger partial charge in [-0.25, -0.2) is 9.50 Å². The van der Waals surface area contributed by atoms with Crippen LogP contribution in [0, 0.1) is 0 Å². The Kier molecular flexibility index (Phi) is 3.27. The van der Waals surface area contributed by atoms with Crippen LogP contribution in [0.4, 0.5) is 0 Å². The molecule has 0 saturated heterocycles. The first-order valence-corrected chi connectivity index (χ1v) is 7.40. The van der Waals surface area contributed by atoms with Crippen LogP contribution in [0.25, 0.3) is 27.9 Å². The third kappa shape index (κ3) is 2.34. The highest BCUT2D eigenvalue weighted by atomic mass is 16.5. The van der Waals surface area contributed by atoms with Crippen molar-refractivity contribution in [1.29, 1.82) is 0 Å². The fraction of sp³-hybridized carbons (Fsp3) is 0.0526. The van der Waals surface area contributed by atoms with Gasteiger partial charge in [0.2, 0.25) is 5.88 Å². The van der Waals surface area contributed by atoms with E-state index in [1.165, 1.54) is 0 Å². The van der Waals surface area contributed by atoms with E-state index in [9.17, 15) is 0 Å². The highest BCUT2D eigenvalue weighted by Gasteiger charge is 2.16. The van der Waals surface area contributed by atoms with Crippen molar-refractivity contribution in [3.05, 3.63) is 73.1 Å². The van der Waals surface area contributed by atoms with Gasteiger partial charge in [-0.1, -0.05) is 36.4 Å². The zero-order valence-corrected chi connectivity index (χ0v) is 12.7. The summed E-state index contributed by atoms with van der Waals surface area (Å²) >= 11 is 0. The minimum atomic E-state index is 0.594. The van der Waals surface area contributed by atoms with Gasteiger partial charge in [0.05, 0.1) is 12.6 Å². The van der Waals surface area contributed by atoms with Crippen LogP contribution in [0.3, 0.4) is 0 Å². The number of nitrogens with zero attached hydrogens (tertiary/aromatic N) is 3. The average Bonchev–Trinajstić information content (AvgIpc) is 3.02. The summed E-state index contributed by atoms with van der Waals surface area (Å²) < 4.78 is 7.18. The van der Waals surface area contributed by atoms with Gasteiger partial charge in [0.1, 0.15) is 5.69 Å². The quantitative estimate of drug-likeness (QED) is 0.572. The van der Waals surface area contributed by atoms with Crippen LogP contribution in [-0.2, 0) is 0 Å². The van der Waals surface area contributed by atoms with Gasteiger partial charge in [-0.15, -0.1) is 0 Å². The lowest BCUT2D eigenvalue weighted by molar-refractivity contribution is 0.398. The Balaban J connectivity index is 2.03. The molecule has 0 amide bonds. The summed E-state index contributed by atoms with van der Waals surface area (Å²) in [4.78, 5) is 4.20. The molecule has 4 rings (SSSR count). The topological polar surface area (TPSA) is 39.4 Å². The molecule has 0 saturated carbocycles. The molecule has 0 N–H and O–H groups in total. The number of fused-ring (bicyclic) bond motifs is 1. The average molecular weight is 301 g/mol. The molecule has 3 heterocycles. The van der Waals surface area contributed by atoms with Crippen LogP contribution >= 0.6 is 0 Å². The Morgan fingerprint density at radius 1 is 0.913 bits per heavy atom. The molecule has 0 aliphatic heterocycles. The summed E-state index contributed by atoms with van der Waals surface area (Å²) in [7, 11) is 1.63. The Hall–Kier alpha value is -3.14. The number of hydrogen-bond donors (Lipinski definition) is 0. The fourth-order valence-corrected chi connectivity index (χ4v) is 2.76. The maximum atomic E-state index is 5.27. The summed E-state index contributed by atoms with van der Waals surface area (Å²) in [5.74, 6) is 0.594. The van der Waals surface area contributed by atoms with Gasteiger partial charge in [-0.2, -0.15) is 5.10 Å². The van der Waals surface area contributed by atoms with Crippen LogP contribution in [0.5, 0.6) is 5.88 Å². The molecule has 0 fully saturated rings. The van der Waals surface area contributed by atoms with E-state index >= 15 is 0 Å². The van der Waals surface area contributed by atoms with Crippen molar-refractivity contribution in [3.63, 3.8) is 0 Å². The predicted octanol–water partition coefficient (Wildman–Crippen LogP) is 4.07. The van der Waals surface area contributed by atoms with E-state index in [-0.39, 0.29) is 0 Å². The monoisotopic (exact) mass is 301 g/mol. The number of ether oxygens (including phenoxy) is 1. The number of rotatable bonds is 3. The SMILES string of the molecule is COc1cc(-c2c(-c3ccccc3)nn3ccccc23)ccn1. The molecule has 3 aromatic heterocycles. The summed E-state index contributed by atoms with van der Waals surface area (Å²) in [6.45, 7) is 0. The molecule has 4 nitrogen and oxygen atoms in total. The molecule has 23 heavy (non-hydrogen) atoms. The highest BCUT2D eigenvalue weighted by molar-refractivity contribution is 5.92. The fourth-order valence-electron chi connectivity index (χ4n) is 2.76. The van der Waals surface area contributed by atoms with Gasteiger partial charge in [0, 0.05) is 29.6 Å². The lowest BCUT2D eigenvalue weighted by Crippen LogP contribution is -1.88. The molecule has 0 bridgehead atoms. The van der Waals surface area contributed by atoms with Crippen LogP contribution in [0.2, 0.25) is 0 Å². The van der Waals surface area contributed by atoms with E-state index in [1.54, 1.807) is 13.3 Å². The summed E-state index contributed by atoms with van der Waals surface area (Å²) in [5.41, 5.74) is 5.21. The second kappa shape index (κ2) is 5.57. The minimum absolute atomic E-state index is 0.594. The van der Waals surface area contributed by atoms with Crippen LogP contribution in [-0.4, -0.2) is 21.7 Å². The third-order valence-corrected chi connectivity index (χ3v) is 3.82. The zero-order valence-electron chi connectivity index (χ0n) is 12.7. The summed E-state index contributed by atoms with van der Waals surface area (Å²) in [6, 6.07) is 20.2. The highest BCUT2D eigenvalue weighted by Crippen LogP contribution is 2.35. The Bertz CT molecular complexity index is 961. The Labute approximate surface area is 134 Å². The lowest BCUT2D eigenvalue weighted by atomic mass is 10.0. The van der Waals surface area contributed by atoms with E-state index < -0.39 is 0 Å². The van der Waals surface area contributed by atoms with Gasteiger partial charge in [-0.3, -0.25) is 0 Å². The Morgan fingerprint density at radius 2 is 1.74 bits per heavy atom. The number of hydrogen-bond acceptors (Lipinski definition) is 3. The van der Waals surface area contributed by atoms with Gasteiger partial charge < -0.3 is 4.74 Å². The van der Waals surface area contributed by atoms with Crippen molar-refractivity contribution in [1.82, 2.24) is 14.6 Å². The van der Waals surface area contributed by atoms with E-state index in [0.29, 0.717) is 5.88 Å². The second-order valence-corrected chi connectivity index (χ2v) is 5.21. The normalized spacial score (nSPS) is 10.8. The minimum Gasteiger partial charge on any atom is -0.481 e. The first kappa shape index (κ1) is 13.5. The first-order chi connectivity index (χ1) is 11.4. The van der Waals surface area contributed by atoms with Crippen molar-refractivity contribution in [2.24, 2.45) is 0 Å². The van der Waals surface area contributed by atoms with Crippen molar-refractivity contribution in [2.45, 2.75) is 0 Å². The number of pyridine rings is 2. The number of benzene rings is 1. The smallest absolute Gasteiger partial charge is 0.213 e. The van der Waals surface area contributed by atoms with Gasteiger partial charge in [0.15, 0.2) is 0 Å². The van der Waals surface area contributed by atoms with Crippen molar-refractivity contribution < 1.29 is 4.74 Å². The number of aromatic nitrogens is 3. The molecule has 1 aromatic carbocycles. The third-order valence-electron chi connectivity index (χ3n) is 3.82. The maximum Gasteiger partial charge on any atom is 0.213 e. The Morgan fingerprint density at radius 3 is 2.57 bits per heavy atom. The van der Waals surface area contributed by atoms with Crippen molar-refractivity contribution >= 4 is 5.52 Å². The molecule has 112 valence electrons. The first-order valence-electron chi connectivity index (χ1n) is 7.40. The standard InChI is InChI=1S/C19H15N3O/c1-23-17-13-15(10-11-20-17)18-16-9-5-6-12-22(16)21-19(18)14-7-3-2-4-8-14/h2-13H,1H3. The molecule has 0 aliphatic rings. The van der Waals surface area contributed by atoms with Crippen LogP contribution in [0.1, 0.15) is 0 Å². The molecule has 4 heteroatoms. The van der Waals surface area contributed by atoms with E-state index in [4.69, 9.17) is 9.84 Å². The van der Waals surface area contributed by atoms with Crippen molar-refractivity contribution in [3.8, 4) is 28.3 Å². The van der Waals surface area contributed by atoms with Crippen LogP contribution < -0.4 is 4.74 Å². The van der Waals surface area contributed by atoms with E-state index in [2.05, 4.69) is 23.2 Å². The van der Waals surface area contributed by atoms with Crippen LogP contribution in [0.15, 0.2) is 73.1 Å². The van der Waals surface area contributed by atoms with E-state index in [1.807, 2.05) is 53.2 Å². The largest absolute Gasteiger partial charge is 0.481 e. The van der Waals surface area contributed by atoms with Gasteiger partial charge in [0.25, 0.3) is 0 Å². The van der Waals surface area contributed by atoms with Gasteiger partial charge >= 0.3 is 0 Å². The molecule has 0 aliphatic carbocycles. The molecule has 4 aromatic rings. The molecule has 0 atom stereocenters. The molecular weight excluding hydrogens is 286 g/mol.